The highest BCUT2D eigenvalue weighted by atomic mass is 32.2. The second kappa shape index (κ2) is 5.65. The van der Waals surface area contributed by atoms with Crippen LogP contribution >= 0.6 is 0 Å². The molecule has 5 nitrogen and oxygen atoms in total. The SMILES string of the molecule is COCCNS(=O)(=O)CC1CCCO1. The number of rotatable bonds is 6. The van der Waals surface area contributed by atoms with Gasteiger partial charge in [0.1, 0.15) is 0 Å². The van der Waals surface area contributed by atoms with Crippen LogP contribution in [-0.4, -0.2) is 47.1 Å². The lowest BCUT2D eigenvalue weighted by Crippen LogP contribution is -2.33. The van der Waals surface area contributed by atoms with Crippen molar-refractivity contribution in [3.8, 4) is 0 Å². The van der Waals surface area contributed by atoms with Gasteiger partial charge in [-0.05, 0) is 12.8 Å². The first-order valence-corrected chi connectivity index (χ1v) is 6.37. The summed E-state index contributed by atoms with van der Waals surface area (Å²) in [6.45, 7) is 1.40. The molecule has 14 heavy (non-hydrogen) atoms. The Kier molecular flexibility index (Phi) is 4.80. The Morgan fingerprint density at radius 1 is 1.57 bits per heavy atom. The fraction of sp³-hybridized carbons (Fsp3) is 1.00. The predicted molar refractivity (Wildman–Crippen MR) is 52.6 cm³/mol. The molecule has 1 unspecified atom stereocenters. The fourth-order valence-electron chi connectivity index (χ4n) is 1.38. The van der Waals surface area contributed by atoms with Gasteiger partial charge < -0.3 is 9.47 Å². The molecule has 1 saturated heterocycles. The first-order valence-electron chi connectivity index (χ1n) is 4.72. The lowest BCUT2D eigenvalue weighted by Gasteiger charge is -2.10. The molecule has 6 heteroatoms. The zero-order valence-electron chi connectivity index (χ0n) is 8.36. The normalized spacial score (nSPS) is 22.8. The second-order valence-electron chi connectivity index (χ2n) is 3.30. The van der Waals surface area contributed by atoms with Crippen molar-refractivity contribution >= 4 is 10.0 Å². The minimum atomic E-state index is -3.19. The second-order valence-corrected chi connectivity index (χ2v) is 5.16. The van der Waals surface area contributed by atoms with E-state index in [0.717, 1.165) is 12.8 Å². The van der Waals surface area contributed by atoms with E-state index in [1.807, 2.05) is 0 Å². The predicted octanol–water partition coefficient (Wildman–Crippen LogP) is -0.269. The molecule has 0 aliphatic carbocycles. The van der Waals surface area contributed by atoms with Crippen LogP contribution in [0.4, 0.5) is 0 Å². The van der Waals surface area contributed by atoms with E-state index in [1.165, 1.54) is 7.11 Å². The molecule has 1 atom stereocenters. The lowest BCUT2D eigenvalue weighted by atomic mass is 10.3. The van der Waals surface area contributed by atoms with Crippen LogP contribution in [0.25, 0.3) is 0 Å². The van der Waals surface area contributed by atoms with Crippen LogP contribution in [0.15, 0.2) is 0 Å². The number of nitrogens with one attached hydrogen (secondary N) is 1. The molecule has 1 rings (SSSR count). The molecule has 1 N–H and O–H groups in total. The average molecular weight is 223 g/mol. The zero-order valence-corrected chi connectivity index (χ0v) is 9.18. The molecular weight excluding hydrogens is 206 g/mol. The zero-order chi connectivity index (χ0) is 10.4. The van der Waals surface area contributed by atoms with Gasteiger partial charge >= 0.3 is 0 Å². The Labute approximate surface area is 84.8 Å². The van der Waals surface area contributed by atoms with Gasteiger partial charge in [-0.2, -0.15) is 0 Å². The first-order chi connectivity index (χ1) is 6.64. The standard InChI is InChI=1S/C8H17NO4S/c1-12-6-4-9-14(10,11)7-8-3-2-5-13-8/h8-9H,2-7H2,1H3. The average Bonchev–Trinajstić information content (AvgIpc) is 2.56. The minimum absolute atomic E-state index is 0.0662. The molecule has 0 spiro atoms. The van der Waals surface area contributed by atoms with Crippen molar-refractivity contribution in [2.24, 2.45) is 0 Å². The lowest BCUT2D eigenvalue weighted by molar-refractivity contribution is 0.127. The molecule has 0 radical (unpaired) electrons. The highest BCUT2D eigenvalue weighted by Crippen LogP contribution is 2.13. The van der Waals surface area contributed by atoms with Crippen LogP contribution in [0, 0.1) is 0 Å². The third-order valence-electron chi connectivity index (χ3n) is 2.06. The minimum Gasteiger partial charge on any atom is -0.383 e. The van der Waals surface area contributed by atoms with E-state index in [-0.39, 0.29) is 11.9 Å². The molecule has 0 aromatic carbocycles. The largest absolute Gasteiger partial charge is 0.383 e. The van der Waals surface area contributed by atoms with Crippen LogP contribution in [0.2, 0.25) is 0 Å². The molecule has 84 valence electrons. The van der Waals surface area contributed by atoms with Crippen molar-refractivity contribution in [2.45, 2.75) is 18.9 Å². The maximum absolute atomic E-state index is 11.4. The molecule has 1 aliphatic heterocycles. The van der Waals surface area contributed by atoms with Crippen LogP contribution < -0.4 is 4.72 Å². The smallest absolute Gasteiger partial charge is 0.214 e. The van der Waals surface area contributed by atoms with Crippen molar-refractivity contribution in [3.63, 3.8) is 0 Å². The van der Waals surface area contributed by atoms with E-state index in [1.54, 1.807) is 0 Å². The Morgan fingerprint density at radius 3 is 2.93 bits per heavy atom. The number of ether oxygens (including phenoxy) is 2. The summed E-state index contributed by atoms with van der Waals surface area (Å²) in [4.78, 5) is 0. The van der Waals surface area contributed by atoms with Crippen molar-refractivity contribution < 1.29 is 17.9 Å². The van der Waals surface area contributed by atoms with Crippen molar-refractivity contribution in [1.29, 1.82) is 0 Å². The Hall–Kier alpha value is -0.170. The molecule has 0 saturated carbocycles. The molecule has 0 amide bonds. The van der Waals surface area contributed by atoms with Crippen LogP contribution in [0.1, 0.15) is 12.8 Å². The van der Waals surface area contributed by atoms with Crippen molar-refractivity contribution in [2.75, 3.05) is 32.6 Å². The third kappa shape index (κ3) is 4.36. The van der Waals surface area contributed by atoms with Gasteiger partial charge in [0.15, 0.2) is 0 Å². The summed E-state index contributed by atoms with van der Waals surface area (Å²) in [5, 5.41) is 0. The highest BCUT2D eigenvalue weighted by molar-refractivity contribution is 7.89. The van der Waals surface area contributed by atoms with Gasteiger partial charge in [-0.3, -0.25) is 0 Å². The Balaban J connectivity index is 2.26. The maximum atomic E-state index is 11.4. The topological polar surface area (TPSA) is 64.6 Å². The maximum Gasteiger partial charge on any atom is 0.214 e. The summed E-state index contributed by atoms with van der Waals surface area (Å²) in [6, 6.07) is 0. The monoisotopic (exact) mass is 223 g/mol. The summed E-state index contributed by atoms with van der Waals surface area (Å²) in [5.41, 5.74) is 0. The quantitative estimate of drug-likeness (QED) is 0.630. The summed E-state index contributed by atoms with van der Waals surface area (Å²) < 4.78 is 35.3. The van der Waals surface area contributed by atoms with Gasteiger partial charge in [0, 0.05) is 20.3 Å². The Bertz CT molecular complexity index is 246. The van der Waals surface area contributed by atoms with Crippen molar-refractivity contribution in [1.82, 2.24) is 4.72 Å². The van der Waals surface area contributed by atoms with E-state index < -0.39 is 10.0 Å². The summed E-state index contributed by atoms with van der Waals surface area (Å²) in [5.74, 6) is 0.0662. The van der Waals surface area contributed by atoms with E-state index >= 15 is 0 Å². The summed E-state index contributed by atoms with van der Waals surface area (Å²) in [6.07, 6.45) is 1.67. The molecule has 1 heterocycles. The first kappa shape index (κ1) is 11.9. The van der Waals surface area contributed by atoms with Gasteiger partial charge in [-0.15, -0.1) is 0 Å². The van der Waals surface area contributed by atoms with Crippen LogP contribution in [0.3, 0.4) is 0 Å². The third-order valence-corrected chi connectivity index (χ3v) is 3.51. The number of hydrogen-bond donors (Lipinski definition) is 1. The number of hydrogen-bond acceptors (Lipinski definition) is 4. The van der Waals surface area contributed by atoms with E-state index in [0.29, 0.717) is 19.8 Å². The van der Waals surface area contributed by atoms with Gasteiger partial charge in [-0.1, -0.05) is 0 Å². The van der Waals surface area contributed by atoms with Crippen LogP contribution in [-0.2, 0) is 19.5 Å². The summed E-state index contributed by atoms with van der Waals surface area (Å²) in [7, 11) is -1.66. The van der Waals surface area contributed by atoms with Gasteiger partial charge in [0.25, 0.3) is 0 Å². The summed E-state index contributed by atoms with van der Waals surface area (Å²) >= 11 is 0. The Morgan fingerprint density at radius 2 is 2.36 bits per heavy atom. The molecule has 0 aromatic heterocycles. The van der Waals surface area contributed by atoms with Gasteiger partial charge in [0.2, 0.25) is 10.0 Å². The molecule has 1 aliphatic rings. The molecule has 1 fully saturated rings. The van der Waals surface area contributed by atoms with Crippen molar-refractivity contribution in [3.05, 3.63) is 0 Å². The molecule has 0 bridgehead atoms. The fourth-order valence-corrected chi connectivity index (χ4v) is 2.64. The van der Waals surface area contributed by atoms with Gasteiger partial charge in [0.05, 0.1) is 18.5 Å². The number of sulfonamides is 1. The van der Waals surface area contributed by atoms with E-state index in [9.17, 15) is 8.42 Å². The molecular formula is C8H17NO4S. The van der Waals surface area contributed by atoms with E-state index in [2.05, 4.69) is 4.72 Å². The van der Waals surface area contributed by atoms with E-state index in [4.69, 9.17) is 9.47 Å². The number of methoxy groups -OCH3 is 1. The van der Waals surface area contributed by atoms with Crippen LogP contribution in [0.5, 0.6) is 0 Å². The highest BCUT2D eigenvalue weighted by Gasteiger charge is 2.22. The molecule has 0 aromatic rings. The van der Waals surface area contributed by atoms with Gasteiger partial charge in [-0.25, -0.2) is 13.1 Å².